The molecule has 0 saturated heterocycles. The van der Waals surface area contributed by atoms with E-state index in [1.807, 2.05) is 13.8 Å². The van der Waals surface area contributed by atoms with Crippen LogP contribution in [0.2, 0.25) is 0 Å². The van der Waals surface area contributed by atoms with Crippen molar-refractivity contribution in [2.45, 2.75) is 31.7 Å². The molecule has 11 heteroatoms. The van der Waals surface area contributed by atoms with Crippen molar-refractivity contribution in [3.05, 3.63) is 72.4 Å². The van der Waals surface area contributed by atoms with Gasteiger partial charge >= 0.3 is 0 Å². The molecule has 0 saturated carbocycles. The average Bonchev–Trinajstić information content (AvgIpc) is 3.49. The Labute approximate surface area is 206 Å². The van der Waals surface area contributed by atoms with Gasteiger partial charge in [-0.05, 0) is 50.2 Å². The molecule has 0 fully saturated rings. The molecule has 1 N–H and O–H groups in total. The van der Waals surface area contributed by atoms with Crippen molar-refractivity contribution < 1.29 is 18.7 Å². The van der Waals surface area contributed by atoms with Gasteiger partial charge in [-0.1, -0.05) is 23.9 Å². The lowest BCUT2D eigenvalue weighted by atomic mass is 10.3. The summed E-state index contributed by atoms with van der Waals surface area (Å²) in [5.74, 6) is 1.68. The first-order valence-electron chi connectivity index (χ1n) is 10.9. The Morgan fingerprint density at radius 3 is 2.54 bits per heavy atom. The lowest BCUT2D eigenvalue weighted by Gasteiger charge is -2.13. The van der Waals surface area contributed by atoms with Gasteiger partial charge in [0.25, 0.3) is 0 Å². The second-order valence-electron chi connectivity index (χ2n) is 7.74. The summed E-state index contributed by atoms with van der Waals surface area (Å²) in [6.45, 7) is 4.00. The second kappa shape index (κ2) is 11.0. The van der Waals surface area contributed by atoms with Crippen LogP contribution >= 0.6 is 11.8 Å². The van der Waals surface area contributed by atoms with Gasteiger partial charge in [0.15, 0.2) is 11.0 Å². The zero-order chi connectivity index (χ0) is 24.8. The quantitative estimate of drug-likeness (QED) is 0.323. The normalized spacial score (nSPS) is 11.0. The van der Waals surface area contributed by atoms with Crippen LogP contribution in [0.15, 0.2) is 66.0 Å². The molecule has 2 aromatic carbocycles. The summed E-state index contributed by atoms with van der Waals surface area (Å²) in [7, 11) is 1.59. The number of aromatic nitrogens is 5. The summed E-state index contributed by atoms with van der Waals surface area (Å²) in [5, 5.41) is 15.8. The molecule has 35 heavy (non-hydrogen) atoms. The maximum absolute atomic E-state index is 14.7. The summed E-state index contributed by atoms with van der Waals surface area (Å²) >= 11 is 1.15. The van der Waals surface area contributed by atoms with Crippen LogP contribution in [-0.4, -0.2) is 43.3 Å². The number of hydrogen-bond donors (Lipinski definition) is 1. The molecular weight excluding hydrogens is 471 g/mol. The molecule has 0 spiro atoms. The fraction of sp³-hybridized carbons (Fsp3) is 0.250. The van der Waals surface area contributed by atoms with Gasteiger partial charge in [0.2, 0.25) is 5.91 Å². The van der Waals surface area contributed by atoms with Crippen LogP contribution in [0.1, 0.15) is 25.7 Å². The number of methoxy groups -OCH3 is 1. The summed E-state index contributed by atoms with van der Waals surface area (Å²) in [5.41, 5.74) is 0.270. The molecule has 0 atom stereocenters. The van der Waals surface area contributed by atoms with E-state index in [0.29, 0.717) is 28.3 Å². The van der Waals surface area contributed by atoms with Gasteiger partial charge in [0.1, 0.15) is 29.7 Å². The van der Waals surface area contributed by atoms with E-state index in [4.69, 9.17) is 9.47 Å². The van der Waals surface area contributed by atoms with Gasteiger partial charge in [0.05, 0.1) is 24.7 Å². The van der Waals surface area contributed by atoms with Crippen molar-refractivity contribution in [2.24, 2.45) is 0 Å². The summed E-state index contributed by atoms with van der Waals surface area (Å²) in [6, 6.07) is 15.2. The van der Waals surface area contributed by atoms with Crippen molar-refractivity contribution in [3.8, 4) is 17.2 Å². The number of benzene rings is 2. The number of anilines is 1. The largest absolute Gasteiger partial charge is 0.497 e. The molecule has 4 aromatic rings. The van der Waals surface area contributed by atoms with Gasteiger partial charge in [-0.2, -0.15) is 5.10 Å². The Bertz CT molecular complexity index is 1290. The van der Waals surface area contributed by atoms with Crippen LogP contribution in [0.4, 0.5) is 10.2 Å². The number of carbonyl (C=O) groups is 1. The minimum Gasteiger partial charge on any atom is -0.497 e. The monoisotopic (exact) mass is 496 g/mol. The van der Waals surface area contributed by atoms with Gasteiger partial charge < -0.3 is 14.8 Å². The Hall–Kier alpha value is -3.86. The Morgan fingerprint density at radius 2 is 1.83 bits per heavy atom. The number of hydrogen-bond acceptors (Lipinski definition) is 7. The molecular formula is C24H25FN6O3S. The lowest BCUT2D eigenvalue weighted by Crippen LogP contribution is -2.18. The summed E-state index contributed by atoms with van der Waals surface area (Å²) < 4.78 is 29.0. The van der Waals surface area contributed by atoms with Crippen LogP contribution in [0.3, 0.4) is 0 Å². The highest BCUT2D eigenvalue weighted by Gasteiger charge is 2.19. The third-order valence-electron chi connectivity index (χ3n) is 4.98. The number of rotatable bonds is 10. The molecule has 0 aliphatic carbocycles. The average molecular weight is 497 g/mol. The second-order valence-corrected chi connectivity index (χ2v) is 8.68. The van der Waals surface area contributed by atoms with E-state index >= 15 is 0 Å². The van der Waals surface area contributed by atoms with Crippen molar-refractivity contribution in [1.82, 2.24) is 24.5 Å². The molecule has 0 aliphatic rings. The topological polar surface area (TPSA) is 96.1 Å². The van der Waals surface area contributed by atoms with E-state index < -0.39 is 5.82 Å². The first kappa shape index (κ1) is 24.3. The molecule has 1 amide bonds. The Kier molecular flexibility index (Phi) is 7.66. The third-order valence-corrected chi connectivity index (χ3v) is 5.91. The zero-order valence-corrected chi connectivity index (χ0v) is 20.3. The minimum absolute atomic E-state index is 0.0496. The fourth-order valence-electron chi connectivity index (χ4n) is 3.32. The number of thioether (sulfide) groups is 1. The van der Waals surface area contributed by atoms with Crippen LogP contribution in [0.5, 0.6) is 11.5 Å². The van der Waals surface area contributed by atoms with Gasteiger partial charge in [-0.3, -0.25) is 9.36 Å². The lowest BCUT2D eigenvalue weighted by molar-refractivity contribution is -0.113. The fourth-order valence-corrected chi connectivity index (χ4v) is 4.08. The minimum atomic E-state index is -0.440. The highest BCUT2D eigenvalue weighted by Crippen LogP contribution is 2.26. The number of carbonyl (C=O) groups excluding carboxylic acids is 1. The van der Waals surface area contributed by atoms with E-state index in [1.165, 1.54) is 6.07 Å². The third kappa shape index (κ3) is 5.80. The maximum Gasteiger partial charge on any atom is 0.235 e. The molecule has 0 radical (unpaired) electrons. The first-order chi connectivity index (χ1) is 17.0. The molecule has 0 unspecified atom stereocenters. The van der Waals surface area contributed by atoms with E-state index in [1.54, 1.807) is 71.1 Å². The number of amides is 1. The number of nitrogens with zero attached hydrogens (tertiary/aromatic N) is 5. The number of halogens is 1. The van der Waals surface area contributed by atoms with Crippen LogP contribution < -0.4 is 14.8 Å². The standard InChI is InChI=1S/C24H25FN6O3S/c1-16(2)31-21(12-13-26-31)27-23(32)15-35-24-29-28-22(30(24)20-7-5-4-6-19(20)25)14-34-18-10-8-17(33-3)9-11-18/h4-13,16H,14-15H2,1-3H3,(H,27,32). The van der Waals surface area contributed by atoms with Gasteiger partial charge in [-0.15, -0.1) is 10.2 Å². The molecule has 182 valence electrons. The highest BCUT2D eigenvalue weighted by molar-refractivity contribution is 7.99. The van der Waals surface area contributed by atoms with Crippen LogP contribution in [-0.2, 0) is 11.4 Å². The molecule has 4 rings (SSSR count). The zero-order valence-electron chi connectivity index (χ0n) is 19.5. The summed E-state index contributed by atoms with van der Waals surface area (Å²) in [4.78, 5) is 12.6. The molecule has 0 aliphatic heterocycles. The Morgan fingerprint density at radius 1 is 1.09 bits per heavy atom. The maximum atomic E-state index is 14.7. The molecule has 9 nitrogen and oxygen atoms in total. The van der Waals surface area contributed by atoms with E-state index in [9.17, 15) is 9.18 Å². The Balaban J connectivity index is 1.51. The first-order valence-corrected chi connectivity index (χ1v) is 11.9. The van der Waals surface area contributed by atoms with E-state index in [-0.39, 0.29) is 30.0 Å². The van der Waals surface area contributed by atoms with Gasteiger partial charge in [-0.25, -0.2) is 9.07 Å². The van der Waals surface area contributed by atoms with Crippen molar-refractivity contribution in [1.29, 1.82) is 0 Å². The number of ether oxygens (including phenoxy) is 2. The smallest absolute Gasteiger partial charge is 0.235 e. The highest BCUT2D eigenvalue weighted by atomic mass is 32.2. The number of nitrogens with one attached hydrogen (secondary N) is 1. The van der Waals surface area contributed by atoms with Crippen molar-refractivity contribution in [2.75, 3.05) is 18.2 Å². The SMILES string of the molecule is COc1ccc(OCc2nnc(SCC(=O)Nc3ccnn3C(C)C)n2-c2ccccc2F)cc1. The van der Waals surface area contributed by atoms with E-state index in [2.05, 4.69) is 20.6 Å². The predicted molar refractivity (Wildman–Crippen MR) is 131 cm³/mol. The predicted octanol–water partition coefficient (Wildman–Crippen LogP) is 4.50. The van der Waals surface area contributed by atoms with Gasteiger partial charge in [0, 0.05) is 12.1 Å². The van der Waals surface area contributed by atoms with E-state index in [0.717, 1.165) is 11.8 Å². The van der Waals surface area contributed by atoms with Crippen LogP contribution in [0, 0.1) is 5.82 Å². The molecule has 2 heterocycles. The molecule has 2 aromatic heterocycles. The van der Waals surface area contributed by atoms with Crippen molar-refractivity contribution >= 4 is 23.5 Å². The summed E-state index contributed by atoms with van der Waals surface area (Å²) in [6.07, 6.45) is 1.63. The van der Waals surface area contributed by atoms with Crippen molar-refractivity contribution in [3.63, 3.8) is 0 Å². The van der Waals surface area contributed by atoms with Crippen LogP contribution in [0.25, 0.3) is 5.69 Å². The molecule has 0 bridgehead atoms. The number of para-hydroxylation sites is 1.